The Morgan fingerprint density at radius 2 is 1.62 bits per heavy atom. The van der Waals surface area contributed by atoms with Gasteiger partial charge in [0.25, 0.3) is 0 Å². The van der Waals surface area contributed by atoms with Gasteiger partial charge >= 0.3 is 0 Å². The Hall–Kier alpha value is -1.08. The molecule has 1 N–H and O–H groups in total. The molecule has 0 saturated carbocycles. The number of benzene rings is 1. The SMILES string of the molecule is CC(C)C1=C(C(O)c2ccccc2)CCC1. The van der Waals surface area contributed by atoms with Crippen LogP contribution in [0.5, 0.6) is 0 Å². The lowest BCUT2D eigenvalue weighted by Crippen LogP contribution is -2.04. The summed E-state index contributed by atoms with van der Waals surface area (Å²) in [7, 11) is 0. The Morgan fingerprint density at radius 3 is 2.25 bits per heavy atom. The van der Waals surface area contributed by atoms with E-state index in [0.29, 0.717) is 5.92 Å². The maximum absolute atomic E-state index is 10.4. The van der Waals surface area contributed by atoms with Gasteiger partial charge in [0.05, 0.1) is 0 Å². The lowest BCUT2D eigenvalue weighted by atomic mass is 9.93. The average Bonchev–Trinajstić information content (AvgIpc) is 2.78. The van der Waals surface area contributed by atoms with Crippen molar-refractivity contribution >= 4 is 0 Å². The van der Waals surface area contributed by atoms with Crippen molar-refractivity contribution in [2.45, 2.75) is 39.2 Å². The van der Waals surface area contributed by atoms with Crippen LogP contribution in [-0.4, -0.2) is 5.11 Å². The highest BCUT2D eigenvalue weighted by molar-refractivity contribution is 5.32. The van der Waals surface area contributed by atoms with Crippen molar-refractivity contribution in [3.63, 3.8) is 0 Å². The van der Waals surface area contributed by atoms with Crippen LogP contribution in [0.15, 0.2) is 41.5 Å². The molecule has 16 heavy (non-hydrogen) atoms. The molecule has 0 spiro atoms. The second kappa shape index (κ2) is 4.84. The Bertz CT molecular complexity index is 376. The fourth-order valence-corrected chi connectivity index (χ4v) is 2.60. The van der Waals surface area contributed by atoms with Crippen molar-refractivity contribution in [3.8, 4) is 0 Å². The fourth-order valence-electron chi connectivity index (χ4n) is 2.60. The maximum Gasteiger partial charge on any atom is 0.100 e. The van der Waals surface area contributed by atoms with E-state index >= 15 is 0 Å². The molecule has 0 amide bonds. The lowest BCUT2D eigenvalue weighted by molar-refractivity contribution is 0.211. The molecule has 1 nitrogen and oxygen atoms in total. The van der Waals surface area contributed by atoms with E-state index < -0.39 is 0 Å². The van der Waals surface area contributed by atoms with E-state index in [9.17, 15) is 5.11 Å². The van der Waals surface area contributed by atoms with Crippen LogP contribution >= 0.6 is 0 Å². The maximum atomic E-state index is 10.4. The number of allylic oxidation sites excluding steroid dienone is 1. The predicted molar refractivity (Wildman–Crippen MR) is 67.1 cm³/mol. The first-order valence-corrected chi connectivity index (χ1v) is 6.15. The van der Waals surface area contributed by atoms with Crippen molar-refractivity contribution in [2.75, 3.05) is 0 Å². The minimum absolute atomic E-state index is 0.388. The van der Waals surface area contributed by atoms with Gasteiger partial charge in [-0.15, -0.1) is 0 Å². The fraction of sp³-hybridized carbons (Fsp3) is 0.467. The molecule has 86 valence electrons. The van der Waals surface area contributed by atoms with Crippen LogP contribution in [0, 0.1) is 5.92 Å². The second-order valence-electron chi connectivity index (χ2n) is 4.87. The van der Waals surface area contributed by atoms with E-state index in [1.54, 1.807) is 0 Å². The largest absolute Gasteiger partial charge is 0.384 e. The molecule has 1 aromatic carbocycles. The number of aliphatic hydroxyl groups is 1. The summed E-state index contributed by atoms with van der Waals surface area (Å²) >= 11 is 0. The quantitative estimate of drug-likeness (QED) is 0.761. The van der Waals surface area contributed by atoms with Crippen LogP contribution in [-0.2, 0) is 0 Å². The molecule has 1 heteroatoms. The molecule has 0 bridgehead atoms. The minimum atomic E-state index is -0.388. The topological polar surface area (TPSA) is 20.2 Å². The van der Waals surface area contributed by atoms with Gasteiger partial charge in [-0.25, -0.2) is 0 Å². The summed E-state index contributed by atoms with van der Waals surface area (Å²) in [5.74, 6) is 0.566. The summed E-state index contributed by atoms with van der Waals surface area (Å²) in [5.41, 5.74) is 3.76. The molecule has 0 fully saturated rings. The first kappa shape index (κ1) is 11.4. The van der Waals surface area contributed by atoms with E-state index in [4.69, 9.17) is 0 Å². The van der Waals surface area contributed by atoms with Crippen LogP contribution in [0.2, 0.25) is 0 Å². The van der Waals surface area contributed by atoms with E-state index in [0.717, 1.165) is 18.4 Å². The van der Waals surface area contributed by atoms with Crippen molar-refractivity contribution < 1.29 is 5.11 Å². The van der Waals surface area contributed by atoms with Gasteiger partial charge < -0.3 is 5.11 Å². The normalized spacial score (nSPS) is 18.2. The van der Waals surface area contributed by atoms with Crippen molar-refractivity contribution in [2.24, 2.45) is 5.92 Å². The summed E-state index contributed by atoms with van der Waals surface area (Å²) in [4.78, 5) is 0. The van der Waals surface area contributed by atoms with Crippen LogP contribution in [0.1, 0.15) is 44.8 Å². The molecule has 0 heterocycles. The molecular formula is C15H20O. The second-order valence-corrected chi connectivity index (χ2v) is 4.87. The molecular weight excluding hydrogens is 196 g/mol. The van der Waals surface area contributed by atoms with Crippen LogP contribution in [0.25, 0.3) is 0 Å². The third-order valence-electron chi connectivity index (χ3n) is 3.45. The highest BCUT2D eigenvalue weighted by atomic mass is 16.3. The highest BCUT2D eigenvalue weighted by Crippen LogP contribution is 2.38. The van der Waals surface area contributed by atoms with Gasteiger partial charge in [-0.1, -0.05) is 49.8 Å². The van der Waals surface area contributed by atoms with Crippen molar-refractivity contribution in [1.29, 1.82) is 0 Å². The number of hydrogen-bond donors (Lipinski definition) is 1. The Morgan fingerprint density at radius 1 is 1.00 bits per heavy atom. The van der Waals surface area contributed by atoms with Gasteiger partial charge in [-0.3, -0.25) is 0 Å². The van der Waals surface area contributed by atoms with E-state index in [-0.39, 0.29) is 6.10 Å². The first-order valence-electron chi connectivity index (χ1n) is 6.15. The van der Waals surface area contributed by atoms with Gasteiger partial charge in [0.2, 0.25) is 0 Å². The predicted octanol–water partition coefficient (Wildman–Crippen LogP) is 3.86. The third-order valence-corrected chi connectivity index (χ3v) is 3.45. The minimum Gasteiger partial charge on any atom is -0.384 e. The van der Waals surface area contributed by atoms with Crippen LogP contribution in [0.3, 0.4) is 0 Å². The Labute approximate surface area is 97.8 Å². The summed E-state index contributed by atoms with van der Waals surface area (Å²) in [6.45, 7) is 4.44. The lowest BCUT2D eigenvalue weighted by Gasteiger charge is -2.17. The highest BCUT2D eigenvalue weighted by Gasteiger charge is 2.23. The van der Waals surface area contributed by atoms with Crippen LogP contribution in [0.4, 0.5) is 0 Å². The molecule has 2 rings (SSSR count). The van der Waals surface area contributed by atoms with Gasteiger partial charge in [0.15, 0.2) is 0 Å². The monoisotopic (exact) mass is 216 g/mol. The number of aliphatic hydroxyl groups excluding tert-OH is 1. The number of rotatable bonds is 3. The third kappa shape index (κ3) is 2.19. The molecule has 0 radical (unpaired) electrons. The van der Waals surface area contributed by atoms with Crippen molar-refractivity contribution in [3.05, 3.63) is 47.0 Å². The van der Waals surface area contributed by atoms with Gasteiger partial charge in [-0.05, 0) is 36.3 Å². The van der Waals surface area contributed by atoms with Gasteiger partial charge in [0, 0.05) is 0 Å². The first-order chi connectivity index (χ1) is 7.70. The summed E-state index contributed by atoms with van der Waals surface area (Å²) in [5, 5.41) is 10.4. The van der Waals surface area contributed by atoms with E-state index in [1.165, 1.54) is 17.6 Å². The van der Waals surface area contributed by atoms with E-state index in [2.05, 4.69) is 13.8 Å². The molecule has 1 aliphatic carbocycles. The smallest absolute Gasteiger partial charge is 0.100 e. The zero-order valence-corrected chi connectivity index (χ0v) is 10.1. The molecule has 1 unspecified atom stereocenters. The molecule has 1 aliphatic rings. The van der Waals surface area contributed by atoms with Crippen molar-refractivity contribution in [1.82, 2.24) is 0 Å². The molecule has 0 saturated heterocycles. The van der Waals surface area contributed by atoms with Gasteiger partial charge in [0.1, 0.15) is 6.10 Å². The Kier molecular flexibility index (Phi) is 3.45. The standard InChI is InChI=1S/C15H20O/c1-11(2)13-9-6-10-14(13)15(16)12-7-4-3-5-8-12/h3-5,7-8,11,15-16H,6,9-10H2,1-2H3. The number of hydrogen-bond acceptors (Lipinski definition) is 1. The summed E-state index contributed by atoms with van der Waals surface area (Å²) in [6, 6.07) is 9.98. The molecule has 0 aromatic heterocycles. The summed E-state index contributed by atoms with van der Waals surface area (Å²) in [6.07, 6.45) is 3.04. The Balaban J connectivity index is 2.28. The van der Waals surface area contributed by atoms with Gasteiger partial charge in [-0.2, -0.15) is 0 Å². The zero-order valence-electron chi connectivity index (χ0n) is 10.1. The molecule has 0 aliphatic heterocycles. The molecule has 1 atom stereocenters. The zero-order chi connectivity index (χ0) is 11.5. The average molecular weight is 216 g/mol. The van der Waals surface area contributed by atoms with Crippen LogP contribution < -0.4 is 0 Å². The summed E-state index contributed by atoms with van der Waals surface area (Å²) < 4.78 is 0. The van der Waals surface area contributed by atoms with E-state index in [1.807, 2.05) is 30.3 Å². The molecule has 1 aromatic rings.